The van der Waals surface area contributed by atoms with E-state index in [2.05, 4.69) is 11.8 Å². The van der Waals surface area contributed by atoms with Gasteiger partial charge < -0.3 is 10.2 Å². The molecule has 0 bridgehead atoms. The lowest BCUT2D eigenvalue weighted by atomic mass is 9.74. The molecule has 0 unspecified atom stereocenters. The van der Waals surface area contributed by atoms with Gasteiger partial charge in [0.25, 0.3) is 0 Å². The van der Waals surface area contributed by atoms with Gasteiger partial charge in [0.2, 0.25) is 0 Å². The second kappa shape index (κ2) is 7.05. The fourth-order valence-electron chi connectivity index (χ4n) is 3.25. The van der Waals surface area contributed by atoms with Gasteiger partial charge >= 0.3 is 0 Å². The molecule has 1 aliphatic rings. The number of rotatable bonds is 5. The maximum Gasteiger partial charge on any atom is 0.141 e. The summed E-state index contributed by atoms with van der Waals surface area (Å²) in [6.07, 6.45) is 1.91. The fourth-order valence-corrected chi connectivity index (χ4v) is 3.45. The van der Waals surface area contributed by atoms with Crippen molar-refractivity contribution in [1.82, 2.24) is 4.90 Å². The van der Waals surface area contributed by atoms with Crippen LogP contribution in [0.25, 0.3) is 0 Å². The van der Waals surface area contributed by atoms with Gasteiger partial charge in [0, 0.05) is 25.0 Å². The predicted octanol–water partition coefficient (Wildman–Crippen LogP) is 2.82. The van der Waals surface area contributed by atoms with E-state index in [1.807, 2.05) is 0 Å². The number of aliphatic hydroxyl groups excluding tert-OH is 2. The maximum atomic E-state index is 13.2. The third-order valence-corrected chi connectivity index (χ3v) is 4.71. The molecule has 0 aromatic heterocycles. The standard InChI is InChI=1S/C16H23ClFNO2/c1-2-6-16(11-20)10-19(7-5-15(16)21)9-12-3-4-14(18)13(17)8-12/h3-4,8,15,20-21H,2,5-7,9-11H2,1H3/t15-,16+/m1/s1. The van der Waals surface area contributed by atoms with Gasteiger partial charge in [0.05, 0.1) is 17.7 Å². The zero-order valence-electron chi connectivity index (χ0n) is 12.4. The largest absolute Gasteiger partial charge is 0.396 e. The lowest BCUT2D eigenvalue weighted by molar-refractivity contribution is -0.0819. The molecule has 2 rings (SSSR count). The summed E-state index contributed by atoms with van der Waals surface area (Å²) < 4.78 is 13.2. The number of likely N-dealkylation sites (tertiary alicyclic amines) is 1. The van der Waals surface area contributed by atoms with E-state index in [1.54, 1.807) is 12.1 Å². The highest BCUT2D eigenvalue weighted by molar-refractivity contribution is 6.30. The summed E-state index contributed by atoms with van der Waals surface area (Å²) in [5, 5.41) is 20.1. The monoisotopic (exact) mass is 315 g/mol. The van der Waals surface area contributed by atoms with Crippen molar-refractivity contribution in [2.24, 2.45) is 5.41 Å². The highest BCUT2D eigenvalue weighted by Gasteiger charge is 2.41. The Morgan fingerprint density at radius 2 is 2.24 bits per heavy atom. The van der Waals surface area contributed by atoms with Crippen molar-refractivity contribution in [2.75, 3.05) is 19.7 Å². The van der Waals surface area contributed by atoms with Crippen LogP contribution in [0.1, 0.15) is 31.7 Å². The Bertz CT molecular complexity index is 485. The van der Waals surface area contributed by atoms with E-state index in [-0.39, 0.29) is 11.6 Å². The van der Waals surface area contributed by atoms with Crippen LogP contribution < -0.4 is 0 Å². The van der Waals surface area contributed by atoms with E-state index < -0.39 is 17.3 Å². The molecule has 118 valence electrons. The minimum absolute atomic E-state index is 0.0112. The average molecular weight is 316 g/mol. The molecule has 0 spiro atoms. The van der Waals surface area contributed by atoms with Gasteiger partial charge in [-0.3, -0.25) is 4.90 Å². The minimum atomic E-state index is -0.462. The quantitative estimate of drug-likeness (QED) is 0.878. The Morgan fingerprint density at radius 1 is 1.48 bits per heavy atom. The van der Waals surface area contributed by atoms with Gasteiger partial charge in [-0.15, -0.1) is 0 Å². The molecule has 21 heavy (non-hydrogen) atoms. The summed E-state index contributed by atoms with van der Waals surface area (Å²) in [5.41, 5.74) is 0.498. The topological polar surface area (TPSA) is 43.7 Å². The third-order valence-electron chi connectivity index (χ3n) is 4.42. The SMILES string of the molecule is CCC[C@@]1(CO)CN(Cc2ccc(F)c(Cl)c2)CC[C@H]1O. The van der Waals surface area contributed by atoms with E-state index in [0.29, 0.717) is 19.5 Å². The summed E-state index contributed by atoms with van der Waals surface area (Å²) in [7, 11) is 0. The average Bonchev–Trinajstić information content (AvgIpc) is 2.47. The van der Waals surface area contributed by atoms with E-state index in [0.717, 1.165) is 24.9 Å². The fraction of sp³-hybridized carbons (Fsp3) is 0.625. The Labute approximate surface area is 130 Å². The van der Waals surface area contributed by atoms with Gasteiger partial charge in [-0.1, -0.05) is 31.0 Å². The number of piperidine rings is 1. The number of aliphatic hydroxyl groups is 2. The van der Waals surface area contributed by atoms with Crippen LogP contribution in [0, 0.1) is 11.2 Å². The molecule has 0 radical (unpaired) electrons. The van der Waals surface area contributed by atoms with E-state index >= 15 is 0 Å². The number of hydrogen-bond acceptors (Lipinski definition) is 3. The summed E-state index contributed by atoms with van der Waals surface area (Å²) in [4.78, 5) is 2.20. The molecule has 1 aromatic carbocycles. The molecular formula is C16H23ClFNO2. The highest BCUT2D eigenvalue weighted by atomic mass is 35.5. The van der Waals surface area contributed by atoms with Gasteiger partial charge in [-0.2, -0.15) is 0 Å². The normalized spacial score (nSPS) is 27.0. The smallest absolute Gasteiger partial charge is 0.141 e. The van der Waals surface area contributed by atoms with Crippen LogP contribution >= 0.6 is 11.6 Å². The van der Waals surface area contributed by atoms with Crippen LogP contribution in [0.15, 0.2) is 18.2 Å². The van der Waals surface area contributed by atoms with Crippen LogP contribution in [-0.2, 0) is 6.54 Å². The molecule has 1 aromatic rings. The lowest BCUT2D eigenvalue weighted by Crippen LogP contribution is -2.53. The second-order valence-electron chi connectivity index (χ2n) is 6.03. The van der Waals surface area contributed by atoms with Gasteiger partial charge in [0.1, 0.15) is 5.82 Å². The first kappa shape index (κ1) is 16.7. The molecule has 0 amide bonds. The van der Waals surface area contributed by atoms with E-state index in [1.165, 1.54) is 6.07 Å². The molecule has 5 heteroatoms. The molecular weight excluding hydrogens is 293 g/mol. The van der Waals surface area contributed by atoms with Crippen molar-refractivity contribution in [3.63, 3.8) is 0 Å². The van der Waals surface area contributed by atoms with Gasteiger partial charge in [-0.25, -0.2) is 4.39 Å². The molecule has 2 N–H and O–H groups in total. The Balaban J connectivity index is 2.08. The Morgan fingerprint density at radius 3 is 2.86 bits per heavy atom. The van der Waals surface area contributed by atoms with E-state index in [4.69, 9.17) is 11.6 Å². The number of benzene rings is 1. The molecule has 0 saturated carbocycles. The molecule has 1 aliphatic heterocycles. The van der Waals surface area contributed by atoms with Crippen molar-refractivity contribution in [1.29, 1.82) is 0 Å². The number of hydrogen-bond donors (Lipinski definition) is 2. The third kappa shape index (κ3) is 3.75. The van der Waals surface area contributed by atoms with Gasteiger partial charge in [-0.05, 0) is 30.5 Å². The van der Waals surface area contributed by atoms with Crippen LogP contribution in [0.4, 0.5) is 4.39 Å². The summed E-state index contributed by atoms with van der Waals surface area (Å²) in [5.74, 6) is -0.412. The first-order valence-electron chi connectivity index (χ1n) is 7.46. The highest BCUT2D eigenvalue weighted by Crippen LogP contribution is 2.35. The predicted molar refractivity (Wildman–Crippen MR) is 81.7 cm³/mol. The molecule has 1 fully saturated rings. The van der Waals surface area contributed by atoms with Crippen molar-refractivity contribution < 1.29 is 14.6 Å². The summed E-state index contributed by atoms with van der Waals surface area (Å²) >= 11 is 5.81. The Hall–Kier alpha value is -0.680. The molecule has 3 nitrogen and oxygen atoms in total. The maximum absolute atomic E-state index is 13.2. The van der Waals surface area contributed by atoms with Crippen LogP contribution in [0.2, 0.25) is 5.02 Å². The molecule has 1 heterocycles. The first-order chi connectivity index (χ1) is 10.0. The number of nitrogens with zero attached hydrogens (tertiary/aromatic N) is 1. The zero-order chi connectivity index (χ0) is 15.5. The lowest BCUT2D eigenvalue weighted by Gasteiger charge is -2.45. The van der Waals surface area contributed by atoms with Crippen molar-refractivity contribution >= 4 is 11.6 Å². The summed E-state index contributed by atoms with van der Waals surface area (Å²) in [6, 6.07) is 4.75. The number of halogens is 2. The van der Waals surface area contributed by atoms with Crippen molar-refractivity contribution in [2.45, 2.75) is 38.8 Å². The van der Waals surface area contributed by atoms with Crippen LogP contribution in [0.3, 0.4) is 0 Å². The van der Waals surface area contributed by atoms with E-state index in [9.17, 15) is 14.6 Å². The summed E-state index contributed by atoms with van der Waals surface area (Å²) in [6.45, 7) is 4.11. The van der Waals surface area contributed by atoms with Crippen molar-refractivity contribution in [3.05, 3.63) is 34.6 Å². The Kier molecular flexibility index (Phi) is 5.60. The first-order valence-corrected chi connectivity index (χ1v) is 7.84. The molecule has 1 saturated heterocycles. The molecule has 2 atom stereocenters. The second-order valence-corrected chi connectivity index (χ2v) is 6.44. The minimum Gasteiger partial charge on any atom is -0.396 e. The van der Waals surface area contributed by atoms with Crippen LogP contribution in [-0.4, -0.2) is 40.9 Å². The zero-order valence-corrected chi connectivity index (χ0v) is 13.1. The van der Waals surface area contributed by atoms with Gasteiger partial charge in [0.15, 0.2) is 0 Å². The van der Waals surface area contributed by atoms with Crippen LogP contribution in [0.5, 0.6) is 0 Å². The molecule has 0 aliphatic carbocycles. The van der Waals surface area contributed by atoms with Crippen molar-refractivity contribution in [3.8, 4) is 0 Å².